The summed E-state index contributed by atoms with van der Waals surface area (Å²) in [6, 6.07) is 14.5. The number of halogens is 2. The average molecular weight is 566 g/mol. The van der Waals surface area contributed by atoms with Gasteiger partial charge in [-0.3, -0.25) is 9.59 Å². The Morgan fingerprint density at radius 1 is 1.12 bits per heavy atom. The summed E-state index contributed by atoms with van der Waals surface area (Å²) in [5, 5.41) is 9.19. The van der Waals surface area contributed by atoms with Gasteiger partial charge in [0.1, 0.15) is 11.4 Å². The van der Waals surface area contributed by atoms with Crippen molar-refractivity contribution in [3.8, 4) is 5.75 Å². The number of rotatable bonds is 9. The van der Waals surface area contributed by atoms with E-state index in [2.05, 4.69) is 25.9 Å². The third-order valence-corrected chi connectivity index (χ3v) is 7.36. The predicted molar refractivity (Wildman–Crippen MR) is 154 cm³/mol. The first kappa shape index (κ1) is 28.1. The Morgan fingerprint density at radius 3 is 2.61 bits per heavy atom. The number of fused-ring (bicyclic) bond motifs is 1. The number of alkyl halides is 2. The molecule has 3 N–H and O–H groups in total. The number of nitrogens with zero attached hydrogens (tertiary/aromatic N) is 4. The molecular formula is C29H33F2N7O3. The number of hydrogen-bond donors (Lipinski definition) is 3. The Balaban J connectivity index is 1.32. The molecule has 0 atom stereocenters. The topological polar surface area (TPSA) is 112 Å². The van der Waals surface area contributed by atoms with Gasteiger partial charge in [-0.05, 0) is 43.2 Å². The molecule has 2 amide bonds. The normalized spacial score (nSPS) is 16.6. The molecule has 2 aliphatic rings. The molecule has 5 rings (SSSR count). The molecule has 0 saturated heterocycles. The largest absolute Gasteiger partial charge is 0.495 e. The SMILES string of the molecule is COc1cc(C(=O)NCCNc2ccccc2)ccc1Nc1ncc2c(n1)N(C1CCCC1)CC(F)(F)C(=O)N2C. The van der Waals surface area contributed by atoms with Crippen LogP contribution in [0.2, 0.25) is 0 Å². The van der Waals surface area contributed by atoms with E-state index in [1.807, 2.05) is 30.3 Å². The first-order valence-corrected chi connectivity index (χ1v) is 13.6. The molecule has 41 heavy (non-hydrogen) atoms. The number of ether oxygens (including phenoxy) is 1. The van der Waals surface area contributed by atoms with Gasteiger partial charge in [0.2, 0.25) is 5.95 Å². The number of carbonyl (C=O) groups is 2. The lowest BCUT2D eigenvalue weighted by molar-refractivity contribution is -0.140. The van der Waals surface area contributed by atoms with Crippen LogP contribution in [0.25, 0.3) is 0 Å². The van der Waals surface area contributed by atoms with E-state index in [1.165, 1.54) is 20.4 Å². The molecule has 3 aromatic rings. The molecule has 1 saturated carbocycles. The maximum atomic E-state index is 14.9. The summed E-state index contributed by atoms with van der Waals surface area (Å²) in [7, 11) is 2.79. The summed E-state index contributed by atoms with van der Waals surface area (Å²) in [6.07, 6.45) is 4.74. The lowest BCUT2D eigenvalue weighted by atomic mass is 10.1. The van der Waals surface area contributed by atoms with Crippen molar-refractivity contribution in [1.29, 1.82) is 0 Å². The smallest absolute Gasteiger partial charge is 0.342 e. The molecule has 2 heterocycles. The second kappa shape index (κ2) is 11.9. The Kier molecular flexibility index (Phi) is 8.18. The van der Waals surface area contributed by atoms with Crippen LogP contribution in [0.5, 0.6) is 5.75 Å². The van der Waals surface area contributed by atoms with E-state index in [0.717, 1.165) is 36.3 Å². The van der Waals surface area contributed by atoms with Crippen LogP contribution in [0.4, 0.5) is 37.6 Å². The summed E-state index contributed by atoms with van der Waals surface area (Å²) >= 11 is 0. The number of para-hydroxylation sites is 1. The van der Waals surface area contributed by atoms with Crippen molar-refractivity contribution in [1.82, 2.24) is 15.3 Å². The number of methoxy groups -OCH3 is 1. The van der Waals surface area contributed by atoms with Crippen LogP contribution in [0.3, 0.4) is 0 Å². The van der Waals surface area contributed by atoms with Crippen LogP contribution in [-0.2, 0) is 4.79 Å². The van der Waals surface area contributed by atoms with E-state index in [-0.39, 0.29) is 29.4 Å². The maximum absolute atomic E-state index is 14.9. The Bertz CT molecular complexity index is 1400. The highest BCUT2D eigenvalue weighted by Gasteiger charge is 2.48. The standard InChI is InChI=1S/C29H33F2N7O3/c1-37-23-17-34-28(36-25(23)38(21-10-6-7-11-21)18-29(30,31)27(37)40)35-22-13-12-19(16-24(22)41-2)26(39)33-15-14-32-20-8-4-3-5-9-20/h3-5,8-9,12-13,16-17,21,32H,6-7,10-11,14-15,18H2,1-2H3,(H,33,39)(H,34,35,36). The van der Waals surface area contributed by atoms with Gasteiger partial charge in [0.25, 0.3) is 11.8 Å². The van der Waals surface area contributed by atoms with Crippen molar-refractivity contribution >= 4 is 40.6 Å². The van der Waals surface area contributed by atoms with Crippen LogP contribution < -0.4 is 30.5 Å². The van der Waals surface area contributed by atoms with Crippen molar-refractivity contribution in [2.75, 3.05) is 54.2 Å². The zero-order valence-electron chi connectivity index (χ0n) is 23.0. The Morgan fingerprint density at radius 2 is 1.88 bits per heavy atom. The van der Waals surface area contributed by atoms with Crippen molar-refractivity contribution in [3.05, 3.63) is 60.3 Å². The Hall–Kier alpha value is -4.48. The minimum Gasteiger partial charge on any atom is -0.495 e. The predicted octanol–water partition coefficient (Wildman–Crippen LogP) is 4.43. The number of anilines is 5. The van der Waals surface area contributed by atoms with Crippen LogP contribution >= 0.6 is 0 Å². The maximum Gasteiger partial charge on any atom is 0.342 e. The molecule has 216 valence electrons. The molecule has 0 radical (unpaired) electrons. The lowest BCUT2D eigenvalue weighted by Crippen LogP contribution is -2.48. The van der Waals surface area contributed by atoms with E-state index >= 15 is 0 Å². The summed E-state index contributed by atoms with van der Waals surface area (Å²) in [6.45, 7) is 0.248. The summed E-state index contributed by atoms with van der Waals surface area (Å²) in [5.74, 6) is -4.28. The van der Waals surface area contributed by atoms with Gasteiger partial charge in [-0.25, -0.2) is 4.98 Å². The molecule has 1 fully saturated rings. The second-order valence-corrected chi connectivity index (χ2v) is 10.1. The molecule has 10 nitrogen and oxygen atoms in total. The van der Waals surface area contributed by atoms with Gasteiger partial charge in [-0.15, -0.1) is 0 Å². The summed E-state index contributed by atoms with van der Waals surface area (Å²) < 4.78 is 35.2. The number of nitrogens with one attached hydrogen (secondary N) is 3. The average Bonchev–Trinajstić information content (AvgIpc) is 3.51. The van der Waals surface area contributed by atoms with Gasteiger partial charge < -0.3 is 30.5 Å². The van der Waals surface area contributed by atoms with Gasteiger partial charge in [0.15, 0.2) is 5.82 Å². The minimum atomic E-state index is -3.55. The third kappa shape index (κ3) is 6.16. The first-order chi connectivity index (χ1) is 19.8. The van der Waals surface area contributed by atoms with Crippen molar-refractivity contribution < 1.29 is 23.1 Å². The highest BCUT2D eigenvalue weighted by Crippen LogP contribution is 2.40. The highest BCUT2D eigenvalue weighted by atomic mass is 19.3. The molecule has 0 unspecified atom stereocenters. The first-order valence-electron chi connectivity index (χ1n) is 13.6. The van der Waals surface area contributed by atoms with Crippen molar-refractivity contribution in [2.24, 2.45) is 0 Å². The van der Waals surface area contributed by atoms with E-state index in [0.29, 0.717) is 30.1 Å². The number of hydrogen-bond acceptors (Lipinski definition) is 8. The van der Waals surface area contributed by atoms with Crippen LogP contribution in [-0.4, -0.2) is 67.5 Å². The molecule has 12 heteroatoms. The molecule has 0 spiro atoms. The van der Waals surface area contributed by atoms with Gasteiger partial charge in [-0.2, -0.15) is 13.8 Å². The fourth-order valence-corrected chi connectivity index (χ4v) is 5.20. The number of aromatic nitrogens is 2. The third-order valence-electron chi connectivity index (χ3n) is 7.36. The van der Waals surface area contributed by atoms with Gasteiger partial charge >= 0.3 is 5.92 Å². The molecule has 0 bridgehead atoms. The van der Waals surface area contributed by atoms with Gasteiger partial charge in [-0.1, -0.05) is 31.0 Å². The van der Waals surface area contributed by atoms with Gasteiger partial charge in [0.05, 0.1) is 25.5 Å². The number of carbonyl (C=O) groups excluding carboxylic acids is 2. The summed E-state index contributed by atoms with van der Waals surface area (Å²) in [5.41, 5.74) is 2.10. The number of benzene rings is 2. The van der Waals surface area contributed by atoms with Crippen LogP contribution in [0, 0.1) is 0 Å². The van der Waals surface area contributed by atoms with E-state index in [9.17, 15) is 18.4 Å². The number of amides is 2. The lowest BCUT2D eigenvalue weighted by Gasteiger charge is -2.31. The zero-order valence-corrected chi connectivity index (χ0v) is 23.0. The fourth-order valence-electron chi connectivity index (χ4n) is 5.20. The monoisotopic (exact) mass is 565 g/mol. The van der Waals surface area contributed by atoms with E-state index in [1.54, 1.807) is 23.1 Å². The van der Waals surface area contributed by atoms with Crippen LogP contribution in [0.1, 0.15) is 36.0 Å². The molecule has 2 aromatic carbocycles. The van der Waals surface area contributed by atoms with Crippen LogP contribution in [0.15, 0.2) is 54.7 Å². The molecule has 1 aliphatic heterocycles. The molecule has 1 aliphatic carbocycles. The van der Waals surface area contributed by atoms with E-state index in [4.69, 9.17) is 4.74 Å². The van der Waals surface area contributed by atoms with E-state index < -0.39 is 18.4 Å². The Labute approximate surface area is 237 Å². The van der Waals surface area contributed by atoms with Crippen molar-refractivity contribution in [2.45, 2.75) is 37.6 Å². The second-order valence-electron chi connectivity index (χ2n) is 10.1. The van der Waals surface area contributed by atoms with Gasteiger partial charge in [0, 0.05) is 37.4 Å². The molecule has 1 aromatic heterocycles. The summed E-state index contributed by atoms with van der Waals surface area (Å²) in [4.78, 5) is 36.6. The molecular weight excluding hydrogens is 532 g/mol. The minimum absolute atomic E-state index is 0.142. The zero-order chi connectivity index (χ0) is 29.0. The van der Waals surface area contributed by atoms with Crippen molar-refractivity contribution in [3.63, 3.8) is 0 Å². The quantitative estimate of drug-likeness (QED) is 0.327. The highest BCUT2D eigenvalue weighted by molar-refractivity contribution is 6.02. The fraction of sp³-hybridized carbons (Fsp3) is 0.379.